The molecule has 0 saturated heterocycles. The Bertz CT molecular complexity index is 2040. The average Bonchev–Trinajstić information content (AvgIpc) is 3.78. The summed E-state index contributed by atoms with van der Waals surface area (Å²) in [5.74, 6) is 0.100. The van der Waals surface area contributed by atoms with Crippen LogP contribution in [-0.2, 0) is 0 Å². The minimum Gasteiger partial charge on any atom is -0.402 e. The highest BCUT2D eigenvalue weighted by molar-refractivity contribution is 6.12. The van der Waals surface area contributed by atoms with E-state index in [9.17, 15) is 0 Å². The summed E-state index contributed by atoms with van der Waals surface area (Å²) in [5.41, 5.74) is 16.1. The first-order valence-electron chi connectivity index (χ1n) is 15.5. The van der Waals surface area contributed by atoms with E-state index in [1.807, 2.05) is 25.3 Å². The fourth-order valence-corrected chi connectivity index (χ4v) is 6.99. The van der Waals surface area contributed by atoms with Gasteiger partial charge in [0, 0.05) is 63.7 Å². The van der Waals surface area contributed by atoms with Gasteiger partial charge < -0.3 is 20.5 Å². The van der Waals surface area contributed by atoms with Crippen molar-refractivity contribution in [2.45, 2.75) is 12.8 Å². The van der Waals surface area contributed by atoms with Gasteiger partial charge in [-0.3, -0.25) is 0 Å². The van der Waals surface area contributed by atoms with Crippen molar-refractivity contribution >= 4 is 33.1 Å². The zero-order valence-electron chi connectivity index (χ0n) is 25.7. The first-order valence-corrected chi connectivity index (χ1v) is 15.5. The Morgan fingerprint density at radius 2 is 1.80 bits per heavy atom. The molecule has 0 bridgehead atoms. The van der Waals surface area contributed by atoms with Crippen LogP contribution in [0.4, 0.5) is 5.69 Å². The normalized spacial score (nSPS) is 22.6. The summed E-state index contributed by atoms with van der Waals surface area (Å²) >= 11 is 0. The number of nitrogens with zero attached hydrogens (tertiary/aromatic N) is 2. The number of rotatable bonds is 7. The van der Waals surface area contributed by atoms with Crippen LogP contribution in [0.1, 0.15) is 18.4 Å². The molecule has 7 rings (SSSR count). The van der Waals surface area contributed by atoms with Crippen LogP contribution in [0, 0.1) is 11.3 Å². The highest BCUT2D eigenvalue weighted by Gasteiger charge is 2.40. The van der Waals surface area contributed by atoms with Gasteiger partial charge in [0.2, 0.25) is 0 Å². The fraction of sp³-hybridized carbons (Fsp3) is 0.122. The highest BCUT2D eigenvalue weighted by Crippen LogP contribution is 2.50. The summed E-state index contributed by atoms with van der Waals surface area (Å²) in [6.45, 7) is 8.52. The lowest BCUT2D eigenvalue weighted by molar-refractivity contribution is 0.393. The number of benzene rings is 3. The van der Waals surface area contributed by atoms with Crippen molar-refractivity contribution in [1.82, 2.24) is 9.88 Å². The maximum absolute atomic E-state index is 6.60. The molecule has 2 atom stereocenters. The Kier molecular flexibility index (Phi) is 7.26. The van der Waals surface area contributed by atoms with Crippen molar-refractivity contribution in [3.8, 4) is 5.69 Å². The van der Waals surface area contributed by atoms with Crippen molar-refractivity contribution in [3.05, 3.63) is 176 Å². The first kappa shape index (κ1) is 28.3. The molecule has 4 nitrogen and oxygen atoms in total. The molecule has 0 saturated carbocycles. The summed E-state index contributed by atoms with van der Waals surface area (Å²) in [4.78, 5) is 2.36. The lowest BCUT2D eigenvalue weighted by Gasteiger charge is -2.31. The van der Waals surface area contributed by atoms with Crippen LogP contribution in [0.5, 0.6) is 0 Å². The molecule has 2 heterocycles. The number of para-hydroxylation sites is 2. The molecule has 1 aromatic heterocycles. The fourth-order valence-electron chi connectivity index (χ4n) is 6.99. The van der Waals surface area contributed by atoms with Gasteiger partial charge in [-0.2, -0.15) is 0 Å². The summed E-state index contributed by atoms with van der Waals surface area (Å²) in [7, 11) is 1.88. The average molecular weight is 587 g/mol. The van der Waals surface area contributed by atoms with Gasteiger partial charge in [0.15, 0.2) is 0 Å². The lowest BCUT2D eigenvalue weighted by atomic mass is 9.74. The molecule has 45 heavy (non-hydrogen) atoms. The molecule has 0 spiro atoms. The van der Waals surface area contributed by atoms with Crippen LogP contribution in [0.3, 0.4) is 0 Å². The number of hydrogen-bond donors (Lipinski definition) is 2. The SMILES string of the molecule is C=C(/C=C\C=C/C1(C2C=CC=C2N)C=C(N2/C=C\C=C/C(=C)c3cc4c5ccccc5n(-c5ccccc5)c4cc32)CC1)NC. The topological polar surface area (TPSA) is 46.2 Å². The summed E-state index contributed by atoms with van der Waals surface area (Å²) < 4.78 is 2.38. The predicted octanol–water partition coefficient (Wildman–Crippen LogP) is 9.23. The molecule has 4 aromatic rings. The molecule has 222 valence electrons. The second-order valence-corrected chi connectivity index (χ2v) is 11.9. The largest absolute Gasteiger partial charge is 0.402 e. The number of aromatic nitrogens is 1. The Morgan fingerprint density at radius 3 is 2.60 bits per heavy atom. The van der Waals surface area contributed by atoms with Gasteiger partial charge in [-0.15, -0.1) is 0 Å². The van der Waals surface area contributed by atoms with E-state index in [1.165, 1.54) is 27.5 Å². The van der Waals surface area contributed by atoms with Gasteiger partial charge >= 0.3 is 0 Å². The number of likely N-dealkylation sites (N-methyl/N-ethyl adjacent to an activating group) is 1. The smallest absolute Gasteiger partial charge is 0.0562 e. The van der Waals surface area contributed by atoms with E-state index in [-0.39, 0.29) is 11.3 Å². The first-order chi connectivity index (χ1) is 22.0. The van der Waals surface area contributed by atoms with Crippen LogP contribution in [0.25, 0.3) is 33.1 Å². The van der Waals surface area contributed by atoms with Crippen LogP contribution < -0.4 is 16.0 Å². The van der Waals surface area contributed by atoms with Crippen LogP contribution in [-0.4, -0.2) is 11.6 Å². The zero-order valence-corrected chi connectivity index (χ0v) is 25.7. The third kappa shape index (κ3) is 4.98. The minimum atomic E-state index is -0.250. The Morgan fingerprint density at radius 1 is 0.978 bits per heavy atom. The van der Waals surface area contributed by atoms with E-state index >= 15 is 0 Å². The van der Waals surface area contributed by atoms with Gasteiger partial charge in [0.25, 0.3) is 0 Å². The number of allylic oxidation sites excluding steroid dienone is 13. The van der Waals surface area contributed by atoms with E-state index < -0.39 is 0 Å². The number of hydrogen-bond acceptors (Lipinski definition) is 3. The van der Waals surface area contributed by atoms with Crippen molar-refractivity contribution in [2.24, 2.45) is 17.1 Å². The Hall–Kier alpha value is -5.48. The molecular formula is C41H38N4. The Labute approximate surface area is 265 Å². The van der Waals surface area contributed by atoms with Gasteiger partial charge in [-0.05, 0) is 67.0 Å². The van der Waals surface area contributed by atoms with Crippen LogP contribution >= 0.6 is 0 Å². The quantitative estimate of drug-likeness (QED) is 0.212. The summed E-state index contributed by atoms with van der Waals surface area (Å²) in [6.07, 6.45) is 27.6. The molecule has 0 radical (unpaired) electrons. The van der Waals surface area contributed by atoms with E-state index in [2.05, 4.69) is 149 Å². The number of anilines is 1. The third-order valence-electron chi connectivity index (χ3n) is 9.28. The molecule has 3 aliphatic rings. The van der Waals surface area contributed by atoms with Crippen molar-refractivity contribution in [1.29, 1.82) is 0 Å². The summed E-state index contributed by atoms with van der Waals surface area (Å²) in [6, 6.07) is 24.0. The van der Waals surface area contributed by atoms with Crippen LogP contribution in [0.2, 0.25) is 0 Å². The predicted molar refractivity (Wildman–Crippen MR) is 192 cm³/mol. The van der Waals surface area contributed by atoms with E-state index in [0.29, 0.717) is 0 Å². The molecule has 2 aliphatic carbocycles. The van der Waals surface area contributed by atoms with Gasteiger partial charge in [0.1, 0.15) is 0 Å². The van der Waals surface area contributed by atoms with Crippen molar-refractivity contribution in [2.75, 3.05) is 11.9 Å². The number of nitrogens with one attached hydrogen (secondary N) is 1. The molecule has 4 heteroatoms. The summed E-state index contributed by atoms with van der Waals surface area (Å²) in [5, 5.41) is 5.53. The zero-order chi connectivity index (χ0) is 31.0. The van der Waals surface area contributed by atoms with Crippen molar-refractivity contribution < 1.29 is 0 Å². The number of fused-ring (bicyclic) bond motifs is 4. The van der Waals surface area contributed by atoms with Gasteiger partial charge in [-0.25, -0.2) is 0 Å². The molecule has 0 amide bonds. The molecular weight excluding hydrogens is 548 g/mol. The van der Waals surface area contributed by atoms with E-state index in [4.69, 9.17) is 5.73 Å². The standard InChI is InChI=1S/C41H38N4/c1-29-14-10-12-25-44(32-22-24-41(28-32,36-19-13-20-37(36)42)23-11-9-15-30(2)43-3)39-27-40-35(26-34(29)39)33-18-7-8-21-38(33)45(40)31-16-5-4-6-17-31/h4-21,23,25-28,36,43H,1-2,22,24,42H2,3H3/b14-10-,15-9-,23-11-,25-12-. The highest BCUT2D eigenvalue weighted by atomic mass is 15.1. The van der Waals surface area contributed by atoms with Gasteiger partial charge in [-0.1, -0.05) is 98.2 Å². The second-order valence-electron chi connectivity index (χ2n) is 11.9. The maximum atomic E-state index is 6.60. The van der Waals surface area contributed by atoms with Crippen molar-refractivity contribution in [3.63, 3.8) is 0 Å². The molecule has 2 unspecified atom stereocenters. The molecule has 0 fully saturated rings. The van der Waals surface area contributed by atoms with Crippen LogP contribution in [0.15, 0.2) is 170 Å². The second kappa shape index (κ2) is 11.5. The molecule has 3 aromatic carbocycles. The third-order valence-corrected chi connectivity index (χ3v) is 9.28. The monoisotopic (exact) mass is 586 g/mol. The lowest BCUT2D eigenvalue weighted by Crippen LogP contribution is -2.26. The molecule has 3 N–H and O–H groups in total. The Balaban J connectivity index is 1.41. The number of nitrogens with two attached hydrogens (primary N) is 1. The van der Waals surface area contributed by atoms with E-state index in [0.717, 1.165) is 46.7 Å². The maximum Gasteiger partial charge on any atom is 0.0562 e. The van der Waals surface area contributed by atoms with E-state index in [1.54, 1.807) is 0 Å². The minimum absolute atomic E-state index is 0.100. The molecule has 1 aliphatic heterocycles. The van der Waals surface area contributed by atoms with Gasteiger partial charge in [0.05, 0.1) is 16.7 Å².